The molecule has 0 spiro atoms. The van der Waals surface area contributed by atoms with Gasteiger partial charge in [0, 0.05) is 0 Å². The van der Waals surface area contributed by atoms with Crippen molar-refractivity contribution < 1.29 is 19.5 Å². The Morgan fingerprint density at radius 1 is 1.12 bits per heavy atom. The zero-order chi connectivity index (χ0) is 12.9. The molecule has 0 fully saturated rings. The van der Waals surface area contributed by atoms with Crippen LogP contribution in [-0.2, 0) is 14.4 Å². The van der Waals surface area contributed by atoms with Gasteiger partial charge in [0.2, 0.25) is 11.8 Å². The van der Waals surface area contributed by atoms with E-state index in [4.69, 9.17) is 16.6 Å². The van der Waals surface area contributed by atoms with Crippen LogP contribution < -0.4 is 11.5 Å². The Bertz CT molecular complexity index is 274. The minimum absolute atomic E-state index is 0.413. The molecule has 16 heavy (non-hydrogen) atoms. The first-order valence-electron chi connectivity index (χ1n) is 4.84. The van der Waals surface area contributed by atoms with Crippen molar-refractivity contribution in [1.29, 1.82) is 0 Å². The van der Waals surface area contributed by atoms with Gasteiger partial charge in [0.1, 0.15) is 6.04 Å². The largest absolute Gasteiger partial charge is 0.480 e. The van der Waals surface area contributed by atoms with Crippen LogP contribution in [0.5, 0.6) is 0 Å². The molecule has 0 unspecified atom stereocenters. The molecule has 0 aliphatic carbocycles. The van der Waals surface area contributed by atoms with Crippen LogP contribution in [0, 0.1) is 5.92 Å². The van der Waals surface area contributed by atoms with Gasteiger partial charge in [0.25, 0.3) is 0 Å². The fraction of sp³-hybridized carbons (Fsp3) is 0.667. The number of imide groups is 1. The van der Waals surface area contributed by atoms with Gasteiger partial charge in [-0.15, -0.1) is 0 Å². The van der Waals surface area contributed by atoms with E-state index in [9.17, 15) is 14.4 Å². The summed E-state index contributed by atoms with van der Waals surface area (Å²) in [5, 5.41) is 8.98. The Hall–Kier alpha value is -1.47. The molecule has 92 valence electrons. The Morgan fingerprint density at radius 2 is 1.50 bits per heavy atom. The number of nitrogens with two attached hydrogens (primary N) is 2. The van der Waals surface area contributed by atoms with Gasteiger partial charge < -0.3 is 16.6 Å². The molecule has 0 bridgehead atoms. The minimum Gasteiger partial charge on any atom is -0.480 e. The van der Waals surface area contributed by atoms with Crippen molar-refractivity contribution in [2.45, 2.75) is 19.9 Å². The van der Waals surface area contributed by atoms with Crippen LogP contribution in [0.4, 0.5) is 0 Å². The maximum absolute atomic E-state index is 11.4. The molecule has 0 radical (unpaired) electrons. The monoisotopic (exact) mass is 231 g/mol. The number of aliphatic carboxylic acids is 1. The van der Waals surface area contributed by atoms with Gasteiger partial charge in [-0.3, -0.25) is 14.5 Å². The predicted octanol–water partition coefficient (Wildman–Crippen LogP) is -1.63. The molecular weight excluding hydrogens is 214 g/mol. The summed E-state index contributed by atoms with van der Waals surface area (Å²) < 4.78 is 0. The fourth-order valence-electron chi connectivity index (χ4n) is 1.34. The van der Waals surface area contributed by atoms with Crippen molar-refractivity contribution in [1.82, 2.24) is 4.90 Å². The molecular formula is C9H17N3O4. The highest BCUT2D eigenvalue weighted by molar-refractivity contribution is 6.00. The van der Waals surface area contributed by atoms with E-state index in [1.807, 2.05) is 0 Å². The summed E-state index contributed by atoms with van der Waals surface area (Å²) >= 11 is 0. The summed E-state index contributed by atoms with van der Waals surface area (Å²) in [6.45, 7) is 2.34. The van der Waals surface area contributed by atoms with Crippen LogP contribution in [0.25, 0.3) is 0 Å². The Morgan fingerprint density at radius 3 is 1.69 bits per heavy atom. The fourth-order valence-corrected chi connectivity index (χ4v) is 1.34. The molecule has 0 aromatic rings. The summed E-state index contributed by atoms with van der Waals surface area (Å²) in [6.07, 6.45) is 0. The van der Waals surface area contributed by atoms with Crippen molar-refractivity contribution in [2.24, 2.45) is 17.4 Å². The number of carboxylic acids is 1. The molecule has 0 aliphatic rings. The SMILES string of the molecule is CC(C)[C@@H](C(=O)O)N(C(=O)CN)C(=O)CN. The third-order valence-electron chi connectivity index (χ3n) is 2.05. The number of nitrogens with zero attached hydrogens (tertiary/aromatic N) is 1. The first kappa shape index (κ1) is 14.5. The standard InChI is InChI=1S/C9H17N3O4/c1-5(2)8(9(15)16)12(6(13)3-10)7(14)4-11/h5,8H,3-4,10-11H2,1-2H3,(H,15,16)/t8-/m0/s1. The zero-order valence-corrected chi connectivity index (χ0v) is 9.34. The minimum atomic E-state index is -1.25. The third kappa shape index (κ3) is 3.28. The number of carboxylic acid groups (broad SMARTS) is 1. The molecule has 7 heteroatoms. The van der Waals surface area contributed by atoms with E-state index in [-0.39, 0.29) is 0 Å². The molecule has 0 saturated carbocycles. The summed E-state index contributed by atoms with van der Waals surface area (Å²) in [5.74, 6) is -3.14. The molecule has 7 nitrogen and oxygen atoms in total. The van der Waals surface area contributed by atoms with Gasteiger partial charge in [-0.2, -0.15) is 0 Å². The van der Waals surface area contributed by atoms with Crippen LogP contribution in [0.15, 0.2) is 0 Å². The van der Waals surface area contributed by atoms with E-state index in [1.165, 1.54) is 0 Å². The molecule has 0 saturated heterocycles. The van der Waals surface area contributed by atoms with Crippen LogP contribution in [0.1, 0.15) is 13.8 Å². The van der Waals surface area contributed by atoms with Gasteiger partial charge in [-0.25, -0.2) is 4.79 Å². The van der Waals surface area contributed by atoms with Gasteiger partial charge in [-0.1, -0.05) is 13.8 Å². The lowest BCUT2D eigenvalue weighted by molar-refractivity contribution is -0.158. The second kappa shape index (κ2) is 6.19. The summed E-state index contributed by atoms with van der Waals surface area (Å²) in [4.78, 5) is 34.5. The maximum Gasteiger partial charge on any atom is 0.327 e. The highest BCUT2D eigenvalue weighted by atomic mass is 16.4. The normalized spacial score (nSPS) is 12.3. The predicted molar refractivity (Wildman–Crippen MR) is 56.2 cm³/mol. The van der Waals surface area contributed by atoms with E-state index in [0.29, 0.717) is 4.90 Å². The molecule has 0 aromatic heterocycles. The first-order valence-corrected chi connectivity index (χ1v) is 4.84. The molecule has 5 N–H and O–H groups in total. The number of hydrogen-bond donors (Lipinski definition) is 3. The number of carbonyl (C=O) groups excluding carboxylic acids is 2. The molecule has 2 amide bonds. The lowest BCUT2D eigenvalue weighted by atomic mass is 10.0. The Kier molecular flexibility index (Phi) is 5.62. The smallest absolute Gasteiger partial charge is 0.327 e. The highest BCUT2D eigenvalue weighted by Crippen LogP contribution is 2.11. The first-order chi connectivity index (χ1) is 7.36. The van der Waals surface area contributed by atoms with E-state index in [2.05, 4.69) is 0 Å². The van der Waals surface area contributed by atoms with E-state index in [0.717, 1.165) is 0 Å². The molecule has 0 rings (SSSR count). The number of amides is 2. The number of hydrogen-bond acceptors (Lipinski definition) is 5. The number of carbonyl (C=O) groups is 3. The third-order valence-corrected chi connectivity index (χ3v) is 2.05. The highest BCUT2D eigenvalue weighted by Gasteiger charge is 2.35. The Balaban J connectivity index is 5.20. The van der Waals surface area contributed by atoms with Gasteiger partial charge in [0.15, 0.2) is 0 Å². The lowest BCUT2D eigenvalue weighted by Gasteiger charge is -2.29. The maximum atomic E-state index is 11.4. The summed E-state index contributed by atoms with van der Waals surface area (Å²) in [7, 11) is 0. The Labute approximate surface area is 93.4 Å². The van der Waals surface area contributed by atoms with Gasteiger partial charge >= 0.3 is 5.97 Å². The average molecular weight is 231 g/mol. The van der Waals surface area contributed by atoms with Crippen molar-refractivity contribution in [2.75, 3.05) is 13.1 Å². The second-order valence-electron chi connectivity index (χ2n) is 3.59. The van der Waals surface area contributed by atoms with Crippen molar-refractivity contribution >= 4 is 17.8 Å². The van der Waals surface area contributed by atoms with Gasteiger partial charge in [0.05, 0.1) is 13.1 Å². The van der Waals surface area contributed by atoms with E-state index < -0.39 is 42.8 Å². The van der Waals surface area contributed by atoms with E-state index >= 15 is 0 Å². The van der Waals surface area contributed by atoms with Crippen LogP contribution >= 0.6 is 0 Å². The quantitative estimate of drug-likeness (QED) is 0.521. The van der Waals surface area contributed by atoms with E-state index in [1.54, 1.807) is 13.8 Å². The topological polar surface area (TPSA) is 127 Å². The second-order valence-corrected chi connectivity index (χ2v) is 3.59. The van der Waals surface area contributed by atoms with Crippen LogP contribution in [-0.4, -0.2) is 46.9 Å². The van der Waals surface area contributed by atoms with Crippen LogP contribution in [0.3, 0.4) is 0 Å². The number of rotatable bonds is 5. The van der Waals surface area contributed by atoms with Gasteiger partial charge in [-0.05, 0) is 5.92 Å². The van der Waals surface area contributed by atoms with Crippen molar-refractivity contribution in [3.8, 4) is 0 Å². The summed E-state index contributed by atoms with van der Waals surface area (Å²) in [5.41, 5.74) is 10.3. The molecule has 0 aliphatic heterocycles. The molecule has 0 aromatic carbocycles. The zero-order valence-electron chi connectivity index (χ0n) is 9.34. The molecule has 1 atom stereocenters. The average Bonchev–Trinajstić information content (AvgIpc) is 2.22. The molecule has 0 heterocycles. The van der Waals surface area contributed by atoms with Crippen molar-refractivity contribution in [3.05, 3.63) is 0 Å². The summed E-state index contributed by atoms with van der Waals surface area (Å²) in [6, 6.07) is -1.23. The van der Waals surface area contributed by atoms with Crippen molar-refractivity contribution in [3.63, 3.8) is 0 Å². The van der Waals surface area contributed by atoms with Crippen LogP contribution in [0.2, 0.25) is 0 Å². The lowest BCUT2D eigenvalue weighted by Crippen LogP contribution is -2.54.